The number of hydrogen-bond acceptors (Lipinski definition) is 4. The van der Waals surface area contributed by atoms with Gasteiger partial charge >= 0.3 is 12.1 Å². The van der Waals surface area contributed by atoms with E-state index >= 15 is 0 Å². The minimum Gasteiger partial charge on any atom is -0.480 e. The molecule has 3 N–H and O–H groups in total. The zero-order chi connectivity index (χ0) is 15.3. The van der Waals surface area contributed by atoms with E-state index < -0.39 is 23.7 Å². The first kappa shape index (κ1) is 16.8. The Morgan fingerprint density at radius 1 is 1.35 bits per heavy atom. The quantitative estimate of drug-likeness (QED) is 0.716. The standard InChI is InChI=1S/C14H26N2O4/c1-9(12(17)18)16-11-7-5-6-10(11)8-15-13(19)20-14(2,3)4/h9-11,16H,5-8H2,1-4H3,(H,15,19)(H,17,18). The Labute approximate surface area is 120 Å². The van der Waals surface area contributed by atoms with Crippen LogP contribution in [0.5, 0.6) is 0 Å². The smallest absolute Gasteiger partial charge is 0.407 e. The lowest BCUT2D eigenvalue weighted by atomic mass is 10.0. The van der Waals surface area contributed by atoms with Gasteiger partial charge in [-0.2, -0.15) is 0 Å². The first-order valence-electron chi connectivity index (χ1n) is 7.15. The van der Waals surface area contributed by atoms with E-state index in [4.69, 9.17) is 9.84 Å². The molecule has 6 nitrogen and oxygen atoms in total. The maximum atomic E-state index is 11.6. The minimum absolute atomic E-state index is 0.135. The number of rotatable bonds is 5. The molecule has 1 aliphatic carbocycles. The summed E-state index contributed by atoms with van der Waals surface area (Å²) < 4.78 is 5.19. The molecule has 0 radical (unpaired) electrons. The highest BCUT2D eigenvalue weighted by atomic mass is 16.6. The Morgan fingerprint density at radius 2 is 2.00 bits per heavy atom. The lowest BCUT2D eigenvalue weighted by Gasteiger charge is -2.25. The number of carbonyl (C=O) groups excluding carboxylic acids is 1. The van der Waals surface area contributed by atoms with Crippen molar-refractivity contribution in [3.05, 3.63) is 0 Å². The molecule has 0 aliphatic heterocycles. The molecular weight excluding hydrogens is 260 g/mol. The summed E-state index contributed by atoms with van der Waals surface area (Å²) in [7, 11) is 0. The van der Waals surface area contributed by atoms with Gasteiger partial charge < -0.3 is 20.5 Å². The molecule has 1 rings (SSSR count). The molecular formula is C14H26N2O4. The molecule has 3 unspecified atom stereocenters. The van der Waals surface area contributed by atoms with Gasteiger partial charge in [0, 0.05) is 12.6 Å². The number of hydrogen-bond donors (Lipinski definition) is 3. The fourth-order valence-corrected chi connectivity index (χ4v) is 2.42. The van der Waals surface area contributed by atoms with Crippen LogP contribution in [0.3, 0.4) is 0 Å². The topological polar surface area (TPSA) is 87.7 Å². The third-order valence-corrected chi connectivity index (χ3v) is 3.40. The van der Waals surface area contributed by atoms with E-state index in [9.17, 15) is 9.59 Å². The van der Waals surface area contributed by atoms with E-state index in [1.807, 2.05) is 20.8 Å². The number of ether oxygens (including phenoxy) is 1. The average Bonchev–Trinajstić information content (AvgIpc) is 2.71. The Morgan fingerprint density at radius 3 is 2.55 bits per heavy atom. The maximum Gasteiger partial charge on any atom is 0.407 e. The largest absolute Gasteiger partial charge is 0.480 e. The van der Waals surface area contributed by atoms with Crippen LogP contribution in [0.2, 0.25) is 0 Å². The third-order valence-electron chi connectivity index (χ3n) is 3.40. The Kier molecular flexibility index (Phi) is 5.80. The summed E-state index contributed by atoms with van der Waals surface area (Å²) in [6, 6.07) is -0.432. The summed E-state index contributed by atoms with van der Waals surface area (Å²) in [6.07, 6.45) is 2.55. The van der Waals surface area contributed by atoms with Gasteiger partial charge in [-0.15, -0.1) is 0 Å². The van der Waals surface area contributed by atoms with Crippen molar-refractivity contribution in [1.82, 2.24) is 10.6 Å². The van der Waals surface area contributed by atoms with Gasteiger partial charge in [0.15, 0.2) is 0 Å². The van der Waals surface area contributed by atoms with Crippen LogP contribution >= 0.6 is 0 Å². The molecule has 0 aromatic heterocycles. The summed E-state index contributed by atoms with van der Waals surface area (Å²) in [5, 5.41) is 14.8. The normalized spacial score (nSPS) is 24.2. The van der Waals surface area contributed by atoms with Crippen molar-refractivity contribution in [2.75, 3.05) is 6.54 Å². The van der Waals surface area contributed by atoms with Gasteiger partial charge in [-0.25, -0.2) is 4.79 Å². The Bertz CT molecular complexity index is 352. The first-order valence-corrected chi connectivity index (χ1v) is 7.15. The molecule has 0 saturated heterocycles. The third kappa shape index (κ3) is 5.77. The highest BCUT2D eigenvalue weighted by molar-refractivity contribution is 5.72. The lowest BCUT2D eigenvalue weighted by molar-refractivity contribution is -0.139. The maximum absolute atomic E-state index is 11.6. The van der Waals surface area contributed by atoms with Gasteiger partial charge in [-0.3, -0.25) is 4.79 Å². The predicted molar refractivity (Wildman–Crippen MR) is 75.6 cm³/mol. The number of amides is 1. The summed E-state index contributed by atoms with van der Waals surface area (Å²) in [5.74, 6) is -0.597. The summed E-state index contributed by atoms with van der Waals surface area (Å²) in [4.78, 5) is 22.5. The highest BCUT2D eigenvalue weighted by Crippen LogP contribution is 2.25. The van der Waals surface area contributed by atoms with Crippen LogP contribution in [0.25, 0.3) is 0 Å². The fourth-order valence-electron chi connectivity index (χ4n) is 2.42. The van der Waals surface area contributed by atoms with E-state index in [1.54, 1.807) is 6.92 Å². The molecule has 0 bridgehead atoms. The summed E-state index contributed by atoms with van der Waals surface area (Å²) >= 11 is 0. The van der Waals surface area contributed by atoms with Gasteiger partial charge in [0.25, 0.3) is 0 Å². The van der Waals surface area contributed by atoms with Crippen LogP contribution in [-0.2, 0) is 9.53 Å². The fraction of sp³-hybridized carbons (Fsp3) is 0.857. The minimum atomic E-state index is -0.851. The average molecular weight is 286 g/mol. The second-order valence-electron chi connectivity index (χ2n) is 6.41. The van der Waals surface area contributed by atoms with Crippen LogP contribution in [0.4, 0.5) is 4.79 Å². The van der Waals surface area contributed by atoms with Crippen molar-refractivity contribution in [3.8, 4) is 0 Å². The second kappa shape index (κ2) is 6.92. The van der Waals surface area contributed by atoms with E-state index in [0.717, 1.165) is 19.3 Å². The van der Waals surface area contributed by atoms with Gasteiger partial charge in [0.2, 0.25) is 0 Å². The lowest BCUT2D eigenvalue weighted by Crippen LogP contribution is -2.46. The van der Waals surface area contributed by atoms with E-state index in [1.165, 1.54) is 0 Å². The number of alkyl carbamates (subject to hydrolysis) is 1. The molecule has 0 heterocycles. The monoisotopic (exact) mass is 286 g/mol. The predicted octanol–water partition coefficient (Wildman–Crippen LogP) is 1.74. The van der Waals surface area contributed by atoms with Gasteiger partial charge in [0.05, 0.1) is 0 Å². The van der Waals surface area contributed by atoms with Crippen LogP contribution in [0.15, 0.2) is 0 Å². The second-order valence-corrected chi connectivity index (χ2v) is 6.41. The van der Waals surface area contributed by atoms with Gasteiger partial charge in [-0.05, 0) is 46.5 Å². The molecule has 6 heteroatoms. The van der Waals surface area contributed by atoms with E-state index in [-0.39, 0.29) is 12.0 Å². The number of nitrogens with one attached hydrogen (secondary N) is 2. The molecule has 1 aliphatic rings. The summed E-state index contributed by atoms with van der Waals surface area (Å²) in [6.45, 7) is 7.61. The van der Waals surface area contributed by atoms with Crippen LogP contribution in [-0.4, -0.2) is 41.4 Å². The zero-order valence-electron chi connectivity index (χ0n) is 12.7. The molecule has 20 heavy (non-hydrogen) atoms. The Balaban J connectivity index is 2.38. The van der Waals surface area contributed by atoms with E-state index in [2.05, 4.69) is 10.6 Å². The van der Waals surface area contributed by atoms with Crippen LogP contribution in [0.1, 0.15) is 47.0 Å². The van der Waals surface area contributed by atoms with Gasteiger partial charge in [-0.1, -0.05) is 6.42 Å². The number of carboxylic acids is 1. The van der Waals surface area contributed by atoms with Crippen molar-refractivity contribution in [3.63, 3.8) is 0 Å². The molecule has 0 aromatic rings. The summed E-state index contributed by atoms with van der Waals surface area (Å²) in [5.41, 5.74) is -0.505. The molecule has 116 valence electrons. The SMILES string of the molecule is CC(NC1CCCC1CNC(=O)OC(C)(C)C)C(=O)O. The molecule has 1 amide bonds. The number of aliphatic carboxylic acids is 1. The number of carboxylic acid groups (broad SMARTS) is 1. The van der Waals surface area contributed by atoms with Crippen LogP contribution in [0, 0.1) is 5.92 Å². The van der Waals surface area contributed by atoms with Crippen LogP contribution < -0.4 is 10.6 Å². The molecule has 0 spiro atoms. The van der Waals surface area contributed by atoms with E-state index in [0.29, 0.717) is 6.54 Å². The van der Waals surface area contributed by atoms with Crippen molar-refractivity contribution in [1.29, 1.82) is 0 Å². The molecule has 0 aromatic carbocycles. The Hall–Kier alpha value is -1.30. The number of carbonyl (C=O) groups is 2. The van der Waals surface area contributed by atoms with Gasteiger partial charge in [0.1, 0.15) is 11.6 Å². The van der Waals surface area contributed by atoms with Crippen molar-refractivity contribution in [2.45, 2.75) is 64.6 Å². The molecule has 1 fully saturated rings. The first-order chi connectivity index (χ1) is 9.19. The molecule has 1 saturated carbocycles. The van der Waals surface area contributed by atoms with Crippen molar-refractivity contribution in [2.24, 2.45) is 5.92 Å². The zero-order valence-corrected chi connectivity index (χ0v) is 12.7. The molecule has 3 atom stereocenters. The van der Waals surface area contributed by atoms with Crippen molar-refractivity contribution >= 4 is 12.1 Å². The highest BCUT2D eigenvalue weighted by Gasteiger charge is 2.30. The van der Waals surface area contributed by atoms with Crippen molar-refractivity contribution < 1.29 is 19.4 Å².